The van der Waals surface area contributed by atoms with E-state index >= 15 is 0 Å². The van der Waals surface area contributed by atoms with Crippen molar-refractivity contribution in [2.24, 2.45) is 5.92 Å². The molecule has 0 unspecified atom stereocenters. The Labute approximate surface area is 164 Å². The second-order valence-corrected chi connectivity index (χ2v) is 8.15. The first-order valence-corrected chi connectivity index (χ1v) is 11.2. The number of unbranched alkanes of at least 4 members (excludes halogenated alkanes) is 7. The molecule has 1 saturated carbocycles. The molecule has 0 aromatic carbocycles. The van der Waals surface area contributed by atoms with Gasteiger partial charge >= 0.3 is 5.97 Å². The van der Waals surface area contributed by atoms with Crippen LogP contribution in [0.1, 0.15) is 119 Å². The number of nitrogens with one attached hydrogen (secondary N) is 1. The molecule has 0 amide bonds. The van der Waals surface area contributed by atoms with Gasteiger partial charge in [0.2, 0.25) is 0 Å². The van der Waals surface area contributed by atoms with Crippen LogP contribution in [0.15, 0.2) is 6.07 Å². The summed E-state index contributed by atoms with van der Waals surface area (Å²) in [6.07, 6.45) is 17.0. The molecule has 1 aromatic rings. The van der Waals surface area contributed by atoms with E-state index in [-0.39, 0.29) is 12.3 Å². The van der Waals surface area contributed by atoms with Gasteiger partial charge in [-0.2, -0.15) is 0 Å². The van der Waals surface area contributed by atoms with E-state index < -0.39 is 11.8 Å². The van der Waals surface area contributed by atoms with E-state index in [0.717, 1.165) is 24.5 Å². The number of ether oxygens (including phenoxy) is 1. The van der Waals surface area contributed by atoms with Crippen LogP contribution in [-0.4, -0.2) is 17.6 Å². The van der Waals surface area contributed by atoms with Crippen LogP contribution in [0.5, 0.6) is 0 Å². The van der Waals surface area contributed by atoms with Crippen LogP contribution < -0.4 is 0 Å². The average molecular weight is 380 g/mol. The fourth-order valence-electron chi connectivity index (χ4n) is 4.35. The van der Waals surface area contributed by atoms with Crippen LogP contribution in [0.25, 0.3) is 0 Å². The van der Waals surface area contributed by atoms with E-state index in [1.54, 1.807) is 6.92 Å². The van der Waals surface area contributed by atoms with Crippen molar-refractivity contribution in [1.29, 1.82) is 0 Å². The molecule has 1 aliphatic carbocycles. The smallest absolute Gasteiger partial charge is 0.357 e. The van der Waals surface area contributed by atoms with Crippen LogP contribution in [0, 0.1) is 11.7 Å². The number of halogens is 1. The first-order chi connectivity index (χ1) is 13.2. The second-order valence-electron chi connectivity index (χ2n) is 8.15. The first kappa shape index (κ1) is 22.0. The maximum Gasteiger partial charge on any atom is 0.357 e. The highest BCUT2D eigenvalue weighted by atomic mass is 19.1. The molecule has 1 aromatic heterocycles. The standard InChI is InChI=1S/C23H38FNO2/c1-3-5-6-7-8-9-10-11-12-18-13-15-19(16-14-18)21-17-20(24)22(25-21)23(26)27-4-2/h17-19,25H,3-16H2,1-2H3/t18-,19-. The first-order valence-electron chi connectivity index (χ1n) is 11.2. The molecule has 0 spiro atoms. The van der Waals surface area contributed by atoms with Crippen molar-refractivity contribution >= 4 is 5.97 Å². The highest BCUT2D eigenvalue weighted by Gasteiger charge is 2.26. The third-order valence-electron chi connectivity index (χ3n) is 6.02. The largest absolute Gasteiger partial charge is 0.461 e. The van der Waals surface area contributed by atoms with Crippen molar-refractivity contribution in [3.8, 4) is 0 Å². The zero-order valence-corrected chi connectivity index (χ0v) is 17.3. The van der Waals surface area contributed by atoms with Gasteiger partial charge in [-0.1, -0.05) is 64.7 Å². The molecule has 0 aliphatic heterocycles. The van der Waals surface area contributed by atoms with Gasteiger partial charge in [0.25, 0.3) is 0 Å². The van der Waals surface area contributed by atoms with Crippen molar-refractivity contribution in [1.82, 2.24) is 4.98 Å². The highest BCUT2D eigenvalue weighted by Crippen LogP contribution is 2.38. The molecule has 4 heteroatoms. The summed E-state index contributed by atoms with van der Waals surface area (Å²) < 4.78 is 18.9. The van der Waals surface area contributed by atoms with Crippen LogP contribution in [0.4, 0.5) is 4.39 Å². The lowest BCUT2D eigenvalue weighted by Gasteiger charge is -2.28. The van der Waals surface area contributed by atoms with Crippen LogP contribution in [-0.2, 0) is 4.74 Å². The van der Waals surface area contributed by atoms with Gasteiger partial charge in [-0.05, 0) is 50.5 Å². The van der Waals surface area contributed by atoms with Crippen molar-refractivity contribution in [2.45, 2.75) is 103 Å². The lowest BCUT2D eigenvalue weighted by Crippen LogP contribution is -2.14. The number of carbonyl (C=O) groups excluding carboxylic acids is 1. The van der Waals surface area contributed by atoms with E-state index in [1.807, 2.05) is 0 Å². The molecule has 3 nitrogen and oxygen atoms in total. The Balaban J connectivity index is 1.64. The van der Waals surface area contributed by atoms with Crippen molar-refractivity contribution < 1.29 is 13.9 Å². The SMILES string of the molecule is CCCCCCCCCC[C@H]1CC[C@H](c2cc(F)c(C(=O)OCC)[nH]2)CC1. The Morgan fingerprint density at radius 1 is 1.04 bits per heavy atom. The van der Waals surface area contributed by atoms with Gasteiger partial charge in [-0.25, -0.2) is 9.18 Å². The van der Waals surface area contributed by atoms with Crippen LogP contribution >= 0.6 is 0 Å². The fourth-order valence-corrected chi connectivity index (χ4v) is 4.35. The Morgan fingerprint density at radius 2 is 1.67 bits per heavy atom. The summed E-state index contributed by atoms with van der Waals surface area (Å²) in [5.41, 5.74) is 0.842. The van der Waals surface area contributed by atoms with Gasteiger partial charge < -0.3 is 9.72 Å². The Bertz CT molecular complexity index is 547. The molecule has 1 aliphatic rings. The highest BCUT2D eigenvalue weighted by molar-refractivity contribution is 5.87. The van der Waals surface area contributed by atoms with Gasteiger partial charge in [-0.15, -0.1) is 0 Å². The van der Waals surface area contributed by atoms with E-state index in [1.165, 1.54) is 76.7 Å². The fraction of sp³-hybridized carbons (Fsp3) is 0.783. The minimum Gasteiger partial charge on any atom is -0.461 e. The number of H-pyrrole nitrogens is 1. The normalized spacial score (nSPS) is 20.0. The minimum absolute atomic E-state index is 0.0205. The molecule has 1 fully saturated rings. The summed E-state index contributed by atoms with van der Waals surface area (Å²) in [6, 6.07) is 1.50. The Hall–Kier alpha value is -1.32. The summed E-state index contributed by atoms with van der Waals surface area (Å²) >= 11 is 0. The van der Waals surface area contributed by atoms with Gasteiger partial charge in [-0.3, -0.25) is 0 Å². The Kier molecular flexibility index (Phi) is 9.93. The van der Waals surface area contributed by atoms with Crippen molar-refractivity contribution in [3.05, 3.63) is 23.3 Å². The molecule has 154 valence electrons. The average Bonchev–Trinajstić information content (AvgIpc) is 3.06. The molecule has 0 radical (unpaired) electrons. The predicted molar refractivity (Wildman–Crippen MR) is 109 cm³/mol. The van der Waals surface area contributed by atoms with Crippen LogP contribution in [0.2, 0.25) is 0 Å². The maximum absolute atomic E-state index is 14.0. The summed E-state index contributed by atoms with van der Waals surface area (Å²) in [5, 5.41) is 0. The van der Waals surface area contributed by atoms with E-state index in [9.17, 15) is 9.18 Å². The zero-order chi connectivity index (χ0) is 19.5. The van der Waals surface area contributed by atoms with Crippen molar-refractivity contribution in [3.63, 3.8) is 0 Å². The number of hydrogen-bond donors (Lipinski definition) is 1. The molecule has 1 heterocycles. The number of esters is 1. The third kappa shape index (κ3) is 7.31. The molecule has 27 heavy (non-hydrogen) atoms. The Morgan fingerprint density at radius 3 is 2.30 bits per heavy atom. The van der Waals surface area contributed by atoms with Gasteiger partial charge in [0, 0.05) is 5.69 Å². The minimum atomic E-state index is -0.593. The molecule has 0 saturated heterocycles. The van der Waals surface area contributed by atoms with Gasteiger partial charge in [0.15, 0.2) is 11.5 Å². The summed E-state index contributed by atoms with van der Waals surface area (Å²) in [5.74, 6) is 0.0947. The molecule has 2 rings (SSSR count). The summed E-state index contributed by atoms with van der Waals surface area (Å²) in [7, 11) is 0. The monoisotopic (exact) mass is 379 g/mol. The third-order valence-corrected chi connectivity index (χ3v) is 6.02. The topological polar surface area (TPSA) is 42.1 Å². The zero-order valence-electron chi connectivity index (χ0n) is 17.3. The van der Waals surface area contributed by atoms with E-state index in [0.29, 0.717) is 5.92 Å². The number of aromatic nitrogens is 1. The summed E-state index contributed by atoms with van der Waals surface area (Å²) in [4.78, 5) is 14.7. The molecule has 0 atom stereocenters. The van der Waals surface area contributed by atoms with Crippen LogP contribution in [0.3, 0.4) is 0 Å². The number of rotatable bonds is 12. The quantitative estimate of drug-likeness (QED) is 0.310. The lowest BCUT2D eigenvalue weighted by atomic mass is 9.78. The number of hydrogen-bond acceptors (Lipinski definition) is 2. The maximum atomic E-state index is 14.0. The predicted octanol–water partition coefficient (Wildman–Crippen LogP) is 7.14. The molecular weight excluding hydrogens is 341 g/mol. The van der Waals surface area contributed by atoms with Gasteiger partial charge in [0.05, 0.1) is 6.61 Å². The summed E-state index contributed by atoms with van der Waals surface area (Å²) in [6.45, 7) is 4.25. The molecule has 1 N–H and O–H groups in total. The lowest BCUT2D eigenvalue weighted by molar-refractivity contribution is 0.0514. The molecule has 0 bridgehead atoms. The van der Waals surface area contributed by atoms with Crippen molar-refractivity contribution in [2.75, 3.05) is 6.61 Å². The van der Waals surface area contributed by atoms with Gasteiger partial charge in [0.1, 0.15) is 0 Å². The van der Waals surface area contributed by atoms with E-state index in [4.69, 9.17) is 4.74 Å². The second kappa shape index (κ2) is 12.2. The number of carbonyl (C=O) groups is 1. The number of aromatic amines is 1. The molecular formula is C23H38FNO2. The van der Waals surface area contributed by atoms with E-state index in [2.05, 4.69) is 11.9 Å².